The molecule has 0 aliphatic carbocycles. The molecule has 1 N–H and O–H groups in total. The van der Waals surface area contributed by atoms with Gasteiger partial charge in [0.15, 0.2) is 0 Å². The Balaban J connectivity index is 2.48. The SMILES string of the molecule is Clc1cccc(-c2cc[nH]n2)n1. The lowest BCUT2D eigenvalue weighted by atomic mass is 10.3. The van der Waals surface area contributed by atoms with Crippen molar-refractivity contribution in [2.24, 2.45) is 0 Å². The van der Waals surface area contributed by atoms with Crippen molar-refractivity contribution in [3.8, 4) is 11.4 Å². The summed E-state index contributed by atoms with van der Waals surface area (Å²) >= 11 is 5.71. The molecule has 2 aromatic rings. The van der Waals surface area contributed by atoms with Crippen molar-refractivity contribution in [1.82, 2.24) is 15.2 Å². The highest BCUT2D eigenvalue weighted by Crippen LogP contribution is 2.15. The van der Waals surface area contributed by atoms with Gasteiger partial charge < -0.3 is 0 Å². The molecule has 0 aromatic carbocycles. The maximum Gasteiger partial charge on any atom is 0.129 e. The van der Waals surface area contributed by atoms with Crippen molar-refractivity contribution in [1.29, 1.82) is 0 Å². The summed E-state index contributed by atoms with van der Waals surface area (Å²) in [7, 11) is 0. The van der Waals surface area contributed by atoms with Gasteiger partial charge in [0.25, 0.3) is 0 Å². The second-order valence-corrected chi connectivity index (χ2v) is 2.69. The number of aromatic nitrogens is 3. The predicted octanol–water partition coefficient (Wildman–Crippen LogP) is 2.13. The van der Waals surface area contributed by atoms with Gasteiger partial charge in [-0.15, -0.1) is 0 Å². The third kappa shape index (κ3) is 1.31. The van der Waals surface area contributed by atoms with Crippen LogP contribution in [0.5, 0.6) is 0 Å². The Bertz CT molecular complexity index is 370. The summed E-state index contributed by atoms with van der Waals surface area (Å²) in [5, 5.41) is 7.18. The summed E-state index contributed by atoms with van der Waals surface area (Å²) in [6.45, 7) is 0. The van der Waals surface area contributed by atoms with Gasteiger partial charge in [-0.05, 0) is 18.2 Å². The van der Waals surface area contributed by atoms with Gasteiger partial charge in [-0.1, -0.05) is 17.7 Å². The van der Waals surface area contributed by atoms with Gasteiger partial charge in [-0.3, -0.25) is 5.10 Å². The largest absolute Gasteiger partial charge is 0.285 e. The van der Waals surface area contributed by atoms with E-state index in [1.807, 2.05) is 18.2 Å². The number of hydrogen-bond acceptors (Lipinski definition) is 2. The van der Waals surface area contributed by atoms with Gasteiger partial charge in [0.1, 0.15) is 10.8 Å². The molecule has 2 aromatic heterocycles. The van der Waals surface area contributed by atoms with Gasteiger partial charge in [0.05, 0.1) is 5.69 Å². The molecule has 0 saturated carbocycles. The Morgan fingerprint density at radius 2 is 2.08 bits per heavy atom. The number of halogens is 1. The summed E-state index contributed by atoms with van der Waals surface area (Å²) in [5.74, 6) is 0. The number of nitrogens with zero attached hydrogens (tertiary/aromatic N) is 2. The third-order valence-corrected chi connectivity index (χ3v) is 1.69. The zero-order valence-electron chi connectivity index (χ0n) is 6.16. The van der Waals surface area contributed by atoms with Crippen LogP contribution in [0.2, 0.25) is 5.15 Å². The van der Waals surface area contributed by atoms with E-state index in [1.54, 1.807) is 12.3 Å². The fraction of sp³-hybridized carbons (Fsp3) is 0. The molecule has 0 spiro atoms. The Labute approximate surface area is 74.4 Å². The molecule has 0 bridgehead atoms. The van der Waals surface area contributed by atoms with E-state index in [-0.39, 0.29) is 0 Å². The van der Waals surface area contributed by atoms with E-state index in [2.05, 4.69) is 15.2 Å². The normalized spacial score (nSPS) is 10.1. The van der Waals surface area contributed by atoms with Crippen LogP contribution in [0.4, 0.5) is 0 Å². The van der Waals surface area contributed by atoms with E-state index in [1.165, 1.54) is 0 Å². The van der Waals surface area contributed by atoms with Crippen LogP contribution >= 0.6 is 11.6 Å². The smallest absolute Gasteiger partial charge is 0.129 e. The van der Waals surface area contributed by atoms with Crippen LogP contribution in [0.25, 0.3) is 11.4 Å². The molecule has 12 heavy (non-hydrogen) atoms. The van der Waals surface area contributed by atoms with Crippen LogP contribution in [0.15, 0.2) is 30.5 Å². The van der Waals surface area contributed by atoms with Crippen LogP contribution in [0.1, 0.15) is 0 Å². The molecule has 0 amide bonds. The zero-order chi connectivity index (χ0) is 8.39. The van der Waals surface area contributed by atoms with Gasteiger partial charge in [0, 0.05) is 6.20 Å². The second kappa shape index (κ2) is 2.95. The molecule has 2 rings (SSSR count). The quantitative estimate of drug-likeness (QED) is 0.682. The number of pyridine rings is 1. The first-order valence-electron chi connectivity index (χ1n) is 3.49. The summed E-state index contributed by atoms with van der Waals surface area (Å²) in [4.78, 5) is 4.10. The Kier molecular flexibility index (Phi) is 1.80. The average Bonchev–Trinajstić information content (AvgIpc) is 2.56. The average molecular weight is 180 g/mol. The fourth-order valence-electron chi connectivity index (χ4n) is 0.954. The monoisotopic (exact) mass is 179 g/mol. The molecular formula is C8H6ClN3. The van der Waals surface area contributed by atoms with E-state index in [4.69, 9.17) is 11.6 Å². The Hall–Kier alpha value is -1.35. The van der Waals surface area contributed by atoms with Crippen LogP contribution in [0.3, 0.4) is 0 Å². The first-order valence-corrected chi connectivity index (χ1v) is 3.87. The summed E-state index contributed by atoms with van der Waals surface area (Å²) < 4.78 is 0. The minimum atomic E-state index is 0.482. The maximum atomic E-state index is 5.71. The number of H-pyrrole nitrogens is 1. The lowest BCUT2D eigenvalue weighted by Crippen LogP contribution is -1.82. The van der Waals surface area contributed by atoms with E-state index < -0.39 is 0 Å². The molecule has 0 aliphatic heterocycles. The van der Waals surface area contributed by atoms with Gasteiger partial charge in [-0.25, -0.2) is 4.98 Å². The van der Waals surface area contributed by atoms with Crippen molar-refractivity contribution in [3.05, 3.63) is 35.6 Å². The molecule has 2 heterocycles. The summed E-state index contributed by atoms with van der Waals surface area (Å²) in [6.07, 6.45) is 1.75. The van der Waals surface area contributed by atoms with Crippen molar-refractivity contribution < 1.29 is 0 Å². The van der Waals surface area contributed by atoms with Gasteiger partial charge >= 0.3 is 0 Å². The lowest BCUT2D eigenvalue weighted by molar-refractivity contribution is 1.09. The van der Waals surface area contributed by atoms with E-state index >= 15 is 0 Å². The first kappa shape index (κ1) is 7.31. The lowest BCUT2D eigenvalue weighted by Gasteiger charge is -1.94. The van der Waals surface area contributed by atoms with Crippen LogP contribution in [-0.2, 0) is 0 Å². The number of hydrogen-bond donors (Lipinski definition) is 1. The first-order chi connectivity index (χ1) is 5.86. The number of rotatable bonds is 1. The van der Waals surface area contributed by atoms with Crippen molar-refractivity contribution in [3.63, 3.8) is 0 Å². The zero-order valence-corrected chi connectivity index (χ0v) is 6.92. The highest BCUT2D eigenvalue weighted by Gasteiger charge is 2.00. The second-order valence-electron chi connectivity index (χ2n) is 2.31. The Morgan fingerprint density at radius 1 is 1.17 bits per heavy atom. The highest BCUT2D eigenvalue weighted by atomic mass is 35.5. The van der Waals surface area contributed by atoms with Gasteiger partial charge in [-0.2, -0.15) is 5.10 Å². The van der Waals surface area contributed by atoms with Crippen LogP contribution in [0, 0.1) is 0 Å². The predicted molar refractivity (Wildman–Crippen MR) is 46.8 cm³/mol. The molecule has 0 saturated heterocycles. The minimum absolute atomic E-state index is 0.482. The van der Waals surface area contributed by atoms with E-state index in [9.17, 15) is 0 Å². The molecule has 0 aliphatic rings. The van der Waals surface area contributed by atoms with Crippen LogP contribution in [-0.4, -0.2) is 15.2 Å². The van der Waals surface area contributed by atoms with E-state index in [0.717, 1.165) is 11.4 Å². The molecule has 0 atom stereocenters. The number of aromatic amines is 1. The van der Waals surface area contributed by atoms with Crippen molar-refractivity contribution in [2.75, 3.05) is 0 Å². The molecule has 0 unspecified atom stereocenters. The Morgan fingerprint density at radius 3 is 2.75 bits per heavy atom. The number of nitrogens with one attached hydrogen (secondary N) is 1. The molecule has 0 radical (unpaired) electrons. The van der Waals surface area contributed by atoms with Crippen molar-refractivity contribution >= 4 is 11.6 Å². The molecule has 60 valence electrons. The van der Waals surface area contributed by atoms with Crippen molar-refractivity contribution in [2.45, 2.75) is 0 Å². The van der Waals surface area contributed by atoms with Gasteiger partial charge in [0.2, 0.25) is 0 Å². The van der Waals surface area contributed by atoms with E-state index in [0.29, 0.717) is 5.15 Å². The summed E-state index contributed by atoms with van der Waals surface area (Å²) in [6, 6.07) is 7.29. The fourth-order valence-corrected chi connectivity index (χ4v) is 1.12. The van der Waals surface area contributed by atoms with Crippen LogP contribution < -0.4 is 0 Å². The topological polar surface area (TPSA) is 41.6 Å². The highest BCUT2D eigenvalue weighted by molar-refractivity contribution is 6.29. The molecular weight excluding hydrogens is 174 g/mol. The minimum Gasteiger partial charge on any atom is -0.285 e. The molecule has 4 heteroatoms. The standard InChI is InChI=1S/C8H6ClN3/c9-8-3-1-2-6(11-8)7-4-5-10-12-7/h1-5H,(H,10,12). The molecule has 3 nitrogen and oxygen atoms in total. The molecule has 0 fully saturated rings. The maximum absolute atomic E-state index is 5.71. The summed E-state index contributed by atoms with van der Waals surface area (Å²) in [5.41, 5.74) is 1.58. The third-order valence-electron chi connectivity index (χ3n) is 1.48.